The third kappa shape index (κ3) is 2.17. The zero-order chi connectivity index (χ0) is 12.6. The fraction of sp³-hybridized carbons (Fsp3) is 0.600. The van der Waals surface area contributed by atoms with Gasteiger partial charge in [-0.25, -0.2) is 4.79 Å². The van der Waals surface area contributed by atoms with Gasteiger partial charge in [-0.2, -0.15) is 0 Å². The number of aromatic amines is 1. The molecule has 94 valence electrons. The van der Waals surface area contributed by atoms with Gasteiger partial charge >= 0.3 is 5.69 Å². The molecule has 0 amide bonds. The Bertz CT molecular complexity index is 520. The minimum absolute atomic E-state index is 0.218. The number of H-pyrrole nitrogens is 1. The lowest BCUT2D eigenvalue weighted by Crippen LogP contribution is -2.36. The Morgan fingerprint density at radius 3 is 2.88 bits per heavy atom. The van der Waals surface area contributed by atoms with E-state index in [-0.39, 0.29) is 13.0 Å². The number of aliphatic hydroxyl groups is 2. The standard InChI is InChI=1S/C10H14N2O5/c1-5-3-12(10(16)11-8(5)15)9-7(14)2-6(4-13)17-9/h3,6-7,9,13-14H,2,4H2,1H3,(H,11,15,16)/t6-,7+,9+/m1/s1. The summed E-state index contributed by atoms with van der Waals surface area (Å²) >= 11 is 0. The number of aliphatic hydroxyl groups excluding tert-OH is 2. The minimum Gasteiger partial charge on any atom is -0.394 e. The van der Waals surface area contributed by atoms with E-state index in [1.54, 1.807) is 6.92 Å². The number of nitrogens with one attached hydrogen (secondary N) is 1. The van der Waals surface area contributed by atoms with E-state index in [2.05, 4.69) is 4.98 Å². The van der Waals surface area contributed by atoms with Crippen molar-refractivity contribution in [3.63, 3.8) is 0 Å². The van der Waals surface area contributed by atoms with Crippen LogP contribution in [0.25, 0.3) is 0 Å². The molecule has 1 aliphatic heterocycles. The number of nitrogens with zero attached hydrogens (tertiary/aromatic N) is 1. The molecule has 1 fully saturated rings. The van der Waals surface area contributed by atoms with Crippen LogP contribution in [-0.4, -0.2) is 38.6 Å². The molecule has 7 nitrogen and oxygen atoms in total. The van der Waals surface area contributed by atoms with E-state index in [1.165, 1.54) is 6.20 Å². The topological polar surface area (TPSA) is 105 Å². The SMILES string of the molecule is Cc1cn([C@H]2O[C@@H](CO)C[C@@H]2O)c(=O)[nH]c1=O. The molecule has 0 radical (unpaired) electrons. The van der Waals surface area contributed by atoms with Crippen molar-refractivity contribution >= 4 is 0 Å². The van der Waals surface area contributed by atoms with Gasteiger partial charge in [0.1, 0.15) is 6.10 Å². The van der Waals surface area contributed by atoms with Gasteiger partial charge in [-0.3, -0.25) is 14.3 Å². The molecule has 1 aromatic rings. The van der Waals surface area contributed by atoms with E-state index < -0.39 is 29.7 Å². The summed E-state index contributed by atoms with van der Waals surface area (Å²) in [7, 11) is 0. The molecule has 0 unspecified atom stereocenters. The van der Waals surface area contributed by atoms with Gasteiger partial charge in [-0.15, -0.1) is 0 Å². The van der Waals surface area contributed by atoms with Gasteiger partial charge in [0.25, 0.3) is 5.56 Å². The number of aromatic nitrogens is 2. The predicted molar refractivity (Wildman–Crippen MR) is 57.7 cm³/mol. The van der Waals surface area contributed by atoms with Crippen molar-refractivity contribution in [1.29, 1.82) is 0 Å². The van der Waals surface area contributed by atoms with Crippen LogP contribution in [0.4, 0.5) is 0 Å². The van der Waals surface area contributed by atoms with Gasteiger partial charge in [-0.1, -0.05) is 0 Å². The Kier molecular flexibility index (Phi) is 3.14. The third-order valence-electron chi connectivity index (χ3n) is 2.79. The van der Waals surface area contributed by atoms with Gasteiger partial charge < -0.3 is 14.9 Å². The monoisotopic (exact) mass is 242 g/mol. The first-order valence-corrected chi connectivity index (χ1v) is 5.29. The number of ether oxygens (including phenoxy) is 1. The molecule has 7 heteroatoms. The molecule has 1 aliphatic rings. The third-order valence-corrected chi connectivity index (χ3v) is 2.79. The molecule has 1 saturated heterocycles. The van der Waals surface area contributed by atoms with Crippen LogP contribution in [0.3, 0.4) is 0 Å². The minimum atomic E-state index is -0.879. The van der Waals surface area contributed by atoms with Crippen molar-refractivity contribution in [3.05, 3.63) is 32.6 Å². The molecule has 17 heavy (non-hydrogen) atoms. The lowest BCUT2D eigenvalue weighted by Gasteiger charge is -2.17. The first-order valence-electron chi connectivity index (χ1n) is 5.29. The Hall–Kier alpha value is -1.44. The molecule has 2 rings (SSSR count). The van der Waals surface area contributed by atoms with Gasteiger partial charge in [0.05, 0.1) is 12.7 Å². The highest BCUT2D eigenvalue weighted by atomic mass is 16.5. The molecule has 3 atom stereocenters. The summed E-state index contributed by atoms with van der Waals surface area (Å²) in [6, 6.07) is 0. The highest BCUT2D eigenvalue weighted by Crippen LogP contribution is 2.27. The largest absolute Gasteiger partial charge is 0.394 e. The Morgan fingerprint density at radius 2 is 2.29 bits per heavy atom. The van der Waals surface area contributed by atoms with E-state index in [4.69, 9.17) is 9.84 Å². The molecule has 0 aliphatic carbocycles. The number of rotatable bonds is 2. The maximum absolute atomic E-state index is 11.6. The van der Waals surface area contributed by atoms with Crippen LogP contribution in [0.2, 0.25) is 0 Å². The van der Waals surface area contributed by atoms with Crippen LogP contribution in [0, 0.1) is 6.92 Å². The lowest BCUT2D eigenvalue weighted by atomic mass is 10.2. The number of hydrogen-bond acceptors (Lipinski definition) is 5. The second-order valence-electron chi connectivity index (χ2n) is 4.11. The maximum Gasteiger partial charge on any atom is 0.330 e. The molecule has 3 N–H and O–H groups in total. The number of hydrogen-bond donors (Lipinski definition) is 3. The normalized spacial score (nSPS) is 28.5. The van der Waals surface area contributed by atoms with Gasteiger partial charge in [0, 0.05) is 18.2 Å². The fourth-order valence-corrected chi connectivity index (χ4v) is 1.87. The summed E-state index contributed by atoms with van der Waals surface area (Å²) in [4.78, 5) is 24.9. The van der Waals surface area contributed by atoms with Crippen molar-refractivity contribution < 1.29 is 14.9 Å². The second kappa shape index (κ2) is 4.44. The molecule has 2 heterocycles. The second-order valence-corrected chi connectivity index (χ2v) is 4.11. The van der Waals surface area contributed by atoms with Crippen LogP contribution >= 0.6 is 0 Å². The Balaban J connectivity index is 2.38. The van der Waals surface area contributed by atoms with Crippen LogP contribution in [0.5, 0.6) is 0 Å². The summed E-state index contributed by atoms with van der Waals surface area (Å²) in [5, 5.41) is 18.7. The quantitative estimate of drug-likeness (QED) is 0.584. The first kappa shape index (κ1) is 12.0. The summed E-state index contributed by atoms with van der Waals surface area (Å²) in [6.45, 7) is 1.34. The molecule has 0 saturated carbocycles. The van der Waals surface area contributed by atoms with Crippen molar-refractivity contribution in [2.24, 2.45) is 0 Å². The molecule has 0 spiro atoms. The fourth-order valence-electron chi connectivity index (χ4n) is 1.87. The molecule has 0 aromatic carbocycles. The summed E-state index contributed by atoms with van der Waals surface area (Å²) in [6.07, 6.45) is -0.639. The first-order chi connectivity index (χ1) is 8.02. The van der Waals surface area contributed by atoms with Crippen LogP contribution in [0.1, 0.15) is 18.2 Å². The summed E-state index contributed by atoms with van der Waals surface area (Å²) < 4.78 is 6.46. The predicted octanol–water partition coefficient (Wildman–Crippen LogP) is -1.51. The van der Waals surface area contributed by atoms with Gasteiger partial charge in [-0.05, 0) is 6.92 Å². The van der Waals surface area contributed by atoms with E-state index in [9.17, 15) is 14.7 Å². The van der Waals surface area contributed by atoms with E-state index >= 15 is 0 Å². The van der Waals surface area contributed by atoms with Crippen LogP contribution in [-0.2, 0) is 4.74 Å². The molecule has 0 bridgehead atoms. The van der Waals surface area contributed by atoms with Crippen LogP contribution < -0.4 is 11.2 Å². The van der Waals surface area contributed by atoms with Crippen molar-refractivity contribution in [2.75, 3.05) is 6.61 Å². The van der Waals surface area contributed by atoms with E-state index in [0.717, 1.165) is 4.57 Å². The maximum atomic E-state index is 11.6. The average Bonchev–Trinajstić information content (AvgIpc) is 2.65. The number of aryl methyl sites for hydroxylation is 1. The summed E-state index contributed by atoms with van der Waals surface area (Å²) in [5.74, 6) is 0. The van der Waals surface area contributed by atoms with E-state index in [1.807, 2.05) is 0 Å². The van der Waals surface area contributed by atoms with Crippen molar-refractivity contribution in [1.82, 2.24) is 9.55 Å². The Labute approximate surface area is 96.3 Å². The lowest BCUT2D eigenvalue weighted by molar-refractivity contribution is -0.0531. The average molecular weight is 242 g/mol. The highest BCUT2D eigenvalue weighted by Gasteiger charge is 2.35. The zero-order valence-electron chi connectivity index (χ0n) is 9.29. The van der Waals surface area contributed by atoms with Gasteiger partial charge in [0.2, 0.25) is 0 Å². The summed E-state index contributed by atoms with van der Waals surface area (Å²) in [5.41, 5.74) is -0.742. The molecular formula is C10H14N2O5. The smallest absolute Gasteiger partial charge is 0.330 e. The van der Waals surface area contributed by atoms with Gasteiger partial charge in [0.15, 0.2) is 6.23 Å². The molecular weight excluding hydrogens is 228 g/mol. The highest BCUT2D eigenvalue weighted by molar-refractivity contribution is 5.02. The van der Waals surface area contributed by atoms with E-state index in [0.29, 0.717) is 5.56 Å². The Morgan fingerprint density at radius 1 is 1.59 bits per heavy atom. The molecule has 1 aromatic heterocycles. The van der Waals surface area contributed by atoms with Crippen molar-refractivity contribution in [3.8, 4) is 0 Å². The van der Waals surface area contributed by atoms with Crippen molar-refractivity contribution in [2.45, 2.75) is 31.8 Å². The van der Waals surface area contributed by atoms with Crippen LogP contribution in [0.15, 0.2) is 15.8 Å². The zero-order valence-corrected chi connectivity index (χ0v) is 9.29.